The van der Waals surface area contributed by atoms with Gasteiger partial charge >= 0.3 is 0 Å². The van der Waals surface area contributed by atoms with E-state index in [4.69, 9.17) is 5.11 Å². The van der Waals surface area contributed by atoms with Crippen molar-refractivity contribution in [2.24, 2.45) is 0 Å². The van der Waals surface area contributed by atoms with Gasteiger partial charge in [-0.05, 0) is 12.1 Å². The van der Waals surface area contributed by atoms with Crippen LogP contribution in [0.3, 0.4) is 0 Å². The highest BCUT2D eigenvalue weighted by molar-refractivity contribution is 6.02. The number of benzene rings is 1. The highest BCUT2D eigenvalue weighted by atomic mass is 16.6. The Labute approximate surface area is 103 Å². The Hall–Kier alpha value is -2.28. The van der Waals surface area contributed by atoms with Crippen molar-refractivity contribution in [1.82, 2.24) is 5.32 Å². The lowest BCUT2D eigenvalue weighted by atomic mass is 10.0. The summed E-state index contributed by atoms with van der Waals surface area (Å²) in [5.41, 5.74) is 0.0556. The van der Waals surface area contributed by atoms with Crippen LogP contribution in [0.1, 0.15) is 17.3 Å². The number of hydrogen-bond donors (Lipinski definition) is 2. The van der Waals surface area contributed by atoms with Crippen molar-refractivity contribution in [1.29, 1.82) is 0 Å². The maximum absolute atomic E-state index is 11.8. The van der Waals surface area contributed by atoms with Crippen LogP contribution in [0.2, 0.25) is 0 Å². The summed E-state index contributed by atoms with van der Waals surface area (Å²) in [6.07, 6.45) is 0. The first-order valence-corrected chi connectivity index (χ1v) is 5.12. The zero-order chi connectivity index (χ0) is 13.7. The summed E-state index contributed by atoms with van der Waals surface area (Å²) in [5.74, 6) is -0.938. The number of Topliss-reactive ketones (excluding diaryl/α,β-unsaturated/α-hetero) is 1. The van der Waals surface area contributed by atoms with Crippen LogP contribution >= 0.6 is 0 Å². The van der Waals surface area contributed by atoms with Gasteiger partial charge in [0.05, 0.1) is 11.5 Å². The molecule has 0 unspecified atom stereocenters. The molecule has 0 fully saturated rings. The molecule has 7 heteroatoms. The van der Waals surface area contributed by atoms with Gasteiger partial charge in [0, 0.05) is 24.6 Å². The van der Waals surface area contributed by atoms with Gasteiger partial charge in [0.15, 0.2) is 5.78 Å². The topological polar surface area (TPSA) is 110 Å². The minimum atomic E-state index is -1.04. The number of rotatable bonds is 5. The molecule has 1 aromatic rings. The molecule has 18 heavy (non-hydrogen) atoms. The Bertz CT molecular complexity index is 469. The Balaban J connectivity index is 2.88. The number of nitro benzene ring substituents is 1. The molecule has 0 aliphatic rings. The minimum absolute atomic E-state index is 0.133. The lowest BCUT2D eigenvalue weighted by Crippen LogP contribution is -2.42. The quantitative estimate of drug-likeness (QED) is 0.444. The summed E-state index contributed by atoms with van der Waals surface area (Å²) >= 11 is 0. The van der Waals surface area contributed by atoms with Gasteiger partial charge in [0.2, 0.25) is 5.91 Å². The number of amides is 1. The summed E-state index contributed by atoms with van der Waals surface area (Å²) in [6, 6.07) is 3.91. The van der Waals surface area contributed by atoms with Crippen molar-refractivity contribution in [3.8, 4) is 0 Å². The van der Waals surface area contributed by atoms with Crippen LogP contribution in [-0.4, -0.2) is 34.4 Å². The summed E-state index contributed by atoms with van der Waals surface area (Å²) in [7, 11) is 0. The molecule has 1 aromatic carbocycles. The molecule has 0 radical (unpaired) electrons. The molecule has 7 nitrogen and oxygen atoms in total. The molecule has 96 valence electrons. The van der Waals surface area contributed by atoms with Gasteiger partial charge < -0.3 is 10.4 Å². The normalized spacial score (nSPS) is 11.7. The number of nitrogens with one attached hydrogen (secondary N) is 1. The Morgan fingerprint density at radius 3 is 2.33 bits per heavy atom. The molecule has 2 N–H and O–H groups in total. The molecule has 1 atom stereocenters. The monoisotopic (exact) mass is 252 g/mol. The summed E-state index contributed by atoms with van der Waals surface area (Å²) in [6.45, 7) is 0.696. The van der Waals surface area contributed by atoms with Crippen LogP contribution in [0, 0.1) is 10.1 Å². The predicted octanol–water partition coefficient (Wildman–Crippen LogP) is 0.274. The van der Waals surface area contributed by atoms with Crippen molar-refractivity contribution >= 4 is 17.4 Å². The van der Waals surface area contributed by atoms with Crippen LogP contribution in [0.15, 0.2) is 24.3 Å². The molecule has 0 heterocycles. The van der Waals surface area contributed by atoms with E-state index in [9.17, 15) is 19.7 Å². The molecule has 1 amide bonds. The fraction of sp³-hybridized carbons (Fsp3) is 0.273. The fourth-order valence-electron chi connectivity index (χ4n) is 1.39. The summed E-state index contributed by atoms with van der Waals surface area (Å²) in [4.78, 5) is 32.5. The first-order valence-electron chi connectivity index (χ1n) is 5.12. The van der Waals surface area contributed by atoms with E-state index in [1.165, 1.54) is 31.2 Å². The maximum atomic E-state index is 11.8. The molecule has 0 bridgehead atoms. The Kier molecular flexibility index (Phi) is 4.50. The Morgan fingerprint density at radius 2 is 1.94 bits per heavy atom. The number of nitro groups is 1. The third kappa shape index (κ3) is 3.36. The van der Waals surface area contributed by atoms with Crippen molar-refractivity contribution in [3.05, 3.63) is 39.9 Å². The molecule has 0 aliphatic heterocycles. The minimum Gasteiger partial charge on any atom is -0.394 e. The van der Waals surface area contributed by atoms with Gasteiger partial charge in [-0.1, -0.05) is 0 Å². The number of hydrogen-bond acceptors (Lipinski definition) is 5. The van der Waals surface area contributed by atoms with E-state index in [0.29, 0.717) is 0 Å². The average molecular weight is 252 g/mol. The number of nitrogens with zero attached hydrogens (tertiary/aromatic N) is 1. The first kappa shape index (κ1) is 13.8. The summed E-state index contributed by atoms with van der Waals surface area (Å²) < 4.78 is 0. The smallest absolute Gasteiger partial charge is 0.269 e. The second kappa shape index (κ2) is 5.87. The van der Waals surface area contributed by atoms with Gasteiger partial charge in [-0.3, -0.25) is 19.7 Å². The standard InChI is InChI=1S/C11H12N2O5/c1-7(15)12-10(6-14)11(16)8-2-4-9(5-3-8)13(17)18/h2-5,10,14H,6H2,1H3,(H,12,15)/t10-/m0/s1. The number of aliphatic hydroxyl groups is 1. The second-order valence-electron chi connectivity index (χ2n) is 3.60. The van der Waals surface area contributed by atoms with E-state index < -0.39 is 29.3 Å². The molecule has 0 aliphatic carbocycles. The van der Waals surface area contributed by atoms with Crippen molar-refractivity contribution in [2.75, 3.05) is 6.61 Å². The van der Waals surface area contributed by atoms with Crippen LogP contribution in [-0.2, 0) is 4.79 Å². The molecule has 1 rings (SSSR count). The first-order chi connectivity index (χ1) is 8.45. The van der Waals surface area contributed by atoms with Crippen molar-refractivity contribution in [3.63, 3.8) is 0 Å². The SMILES string of the molecule is CC(=O)N[C@@H](CO)C(=O)c1ccc([N+](=O)[O-])cc1. The highest BCUT2D eigenvalue weighted by Gasteiger charge is 2.20. The van der Waals surface area contributed by atoms with Gasteiger partial charge in [0.25, 0.3) is 5.69 Å². The molecule has 0 aromatic heterocycles. The van der Waals surface area contributed by atoms with Crippen LogP contribution in [0.5, 0.6) is 0 Å². The Morgan fingerprint density at radius 1 is 1.39 bits per heavy atom. The summed E-state index contributed by atoms with van der Waals surface area (Å²) in [5, 5.41) is 21.7. The van der Waals surface area contributed by atoms with Crippen molar-refractivity contribution < 1.29 is 19.6 Å². The predicted molar refractivity (Wildman–Crippen MR) is 62.1 cm³/mol. The number of carbonyl (C=O) groups excluding carboxylic acids is 2. The fourth-order valence-corrected chi connectivity index (χ4v) is 1.39. The zero-order valence-corrected chi connectivity index (χ0v) is 9.62. The average Bonchev–Trinajstić information content (AvgIpc) is 2.35. The van der Waals surface area contributed by atoms with E-state index in [2.05, 4.69) is 5.32 Å². The van der Waals surface area contributed by atoms with Crippen molar-refractivity contribution in [2.45, 2.75) is 13.0 Å². The highest BCUT2D eigenvalue weighted by Crippen LogP contribution is 2.13. The van der Waals surface area contributed by atoms with Crippen LogP contribution in [0.4, 0.5) is 5.69 Å². The third-order valence-electron chi connectivity index (χ3n) is 2.24. The van der Waals surface area contributed by atoms with E-state index in [1.54, 1.807) is 0 Å². The van der Waals surface area contributed by atoms with E-state index in [1.807, 2.05) is 0 Å². The number of aliphatic hydroxyl groups excluding tert-OH is 1. The van der Waals surface area contributed by atoms with E-state index >= 15 is 0 Å². The van der Waals surface area contributed by atoms with Crippen LogP contribution < -0.4 is 5.32 Å². The lowest BCUT2D eigenvalue weighted by Gasteiger charge is -2.13. The molecule has 0 spiro atoms. The number of non-ortho nitro benzene ring substituents is 1. The third-order valence-corrected chi connectivity index (χ3v) is 2.24. The second-order valence-corrected chi connectivity index (χ2v) is 3.60. The van der Waals surface area contributed by atoms with E-state index in [-0.39, 0.29) is 11.3 Å². The largest absolute Gasteiger partial charge is 0.394 e. The molecule has 0 saturated heterocycles. The number of carbonyl (C=O) groups is 2. The maximum Gasteiger partial charge on any atom is 0.269 e. The molecular formula is C11H12N2O5. The zero-order valence-electron chi connectivity index (χ0n) is 9.62. The van der Waals surface area contributed by atoms with Gasteiger partial charge in [-0.25, -0.2) is 0 Å². The van der Waals surface area contributed by atoms with Gasteiger partial charge in [0.1, 0.15) is 6.04 Å². The number of ketones is 1. The lowest BCUT2D eigenvalue weighted by molar-refractivity contribution is -0.384. The van der Waals surface area contributed by atoms with Gasteiger partial charge in [-0.15, -0.1) is 0 Å². The molecule has 0 saturated carbocycles. The van der Waals surface area contributed by atoms with Crippen LogP contribution in [0.25, 0.3) is 0 Å². The molecular weight excluding hydrogens is 240 g/mol. The van der Waals surface area contributed by atoms with E-state index in [0.717, 1.165) is 0 Å². The van der Waals surface area contributed by atoms with Gasteiger partial charge in [-0.2, -0.15) is 0 Å².